The number of hydrogen-bond donors (Lipinski definition) is 10. The van der Waals surface area contributed by atoms with E-state index in [1.165, 1.54) is 0 Å². The summed E-state index contributed by atoms with van der Waals surface area (Å²) >= 11 is 0. The molecule has 4 atom stereocenters. The van der Waals surface area contributed by atoms with Crippen LogP contribution in [0.1, 0.15) is 29.5 Å². The molecule has 3 heterocycles. The monoisotopic (exact) mass is 732 g/mol. The van der Waals surface area contributed by atoms with E-state index in [9.17, 15) is 24.3 Å². The Morgan fingerprint density at radius 2 is 1.04 bits per heavy atom. The van der Waals surface area contributed by atoms with Gasteiger partial charge in [0.15, 0.2) is 5.96 Å². The van der Waals surface area contributed by atoms with Crippen LogP contribution in [0.4, 0.5) is 0 Å². The molecular weight excluding hydrogens is 688 g/mol. The minimum absolute atomic E-state index is 0.00663. The van der Waals surface area contributed by atoms with Gasteiger partial charge in [0.1, 0.15) is 18.1 Å². The van der Waals surface area contributed by atoms with Gasteiger partial charge in [0.2, 0.25) is 17.7 Å². The van der Waals surface area contributed by atoms with E-state index < -0.39 is 47.9 Å². The maximum absolute atomic E-state index is 14.2. The summed E-state index contributed by atoms with van der Waals surface area (Å²) in [5.74, 6) is -3.30. The van der Waals surface area contributed by atoms with Gasteiger partial charge in [0, 0.05) is 70.7 Å². The molecule has 54 heavy (non-hydrogen) atoms. The second-order valence-electron chi connectivity index (χ2n) is 13.3. The number of nitrogens with zero attached hydrogens (tertiary/aromatic N) is 1. The number of nitrogens with two attached hydrogens (primary N) is 3. The molecule has 0 bridgehead atoms. The summed E-state index contributed by atoms with van der Waals surface area (Å²) in [6, 6.07) is 18.0. The van der Waals surface area contributed by atoms with E-state index in [4.69, 9.17) is 17.2 Å². The maximum Gasteiger partial charge on any atom is 0.326 e. The van der Waals surface area contributed by atoms with Crippen molar-refractivity contribution in [2.75, 3.05) is 6.54 Å². The normalized spacial score (nSPS) is 13.6. The number of aliphatic imine (C=N–C) groups is 1. The van der Waals surface area contributed by atoms with E-state index in [1.807, 2.05) is 79.0 Å². The number of carboxylic acids is 1. The van der Waals surface area contributed by atoms with Gasteiger partial charge in [-0.3, -0.25) is 19.4 Å². The predicted octanol–water partition coefficient (Wildman–Crippen LogP) is 2.08. The van der Waals surface area contributed by atoms with Gasteiger partial charge >= 0.3 is 5.97 Å². The number of carboxylic acid groups (broad SMARTS) is 1. The maximum atomic E-state index is 14.2. The number of fused-ring (bicyclic) bond motifs is 3. The first kappa shape index (κ1) is 37.2. The van der Waals surface area contributed by atoms with Gasteiger partial charge in [0.25, 0.3) is 0 Å². The lowest BCUT2D eigenvalue weighted by molar-refractivity contribution is -0.142. The van der Waals surface area contributed by atoms with Gasteiger partial charge in [-0.15, -0.1) is 0 Å². The molecule has 15 heteroatoms. The zero-order valence-electron chi connectivity index (χ0n) is 29.5. The predicted molar refractivity (Wildman–Crippen MR) is 207 cm³/mol. The van der Waals surface area contributed by atoms with Gasteiger partial charge in [-0.05, 0) is 54.2 Å². The van der Waals surface area contributed by atoms with Crippen LogP contribution in [0, 0.1) is 0 Å². The van der Waals surface area contributed by atoms with E-state index in [0.717, 1.165) is 43.8 Å². The highest BCUT2D eigenvalue weighted by molar-refractivity contribution is 5.95. The number of nitrogens with one attached hydrogen (secondary N) is 6. The Labute approximate surface area is 310 Å². The van der Waals surface area contributed by atoms with Crippen molar-refractivity contribution in [1.29, 1.82) is 0 Å². The van der Waals surface area contributed by atoms with Gasteiger partial charge in [-0.25, -0.2) is 4.79 Å². The molecule has 3 aromatic heterocycles. The SMILES string of the molecule is NC(N)=NCCC[C@H](NC(=O)[C@H](Cc1c[nH]c2ccccc12)NC(=O)[C@@H](N)Cc1c[nH]c2ccccc12)C(=O)N[C@@H](Cc1c[nH]c2ccccc12)C(=O)O. The molecule has 0 aliphatic carbocycles. The fourth-order valence-electron chi connectivity index (χ4n) is 6.68. The van der Waals surface area contributed by atoms with Crippen LogP contribution in [0.25, 0.3) is 32.7 Å². The van der Waals surface area contributed by atoms with Crippen molar-refractivity contribution in [3.05, 3.63) is 108 Å². The van der Waals surface area contributed by atoms with Crippen LogP contribution in [-0.2, 0) is 38.4 Å². The Hall–Kier alpha value is -6.61. The van der Waals surface area contributed by atoms with Crippen molar-refractivity contribution in [3.8, 4) is 0 Å². The van der Waals surface area contributed by atoms with Crippen molar-refractivity contribution in [3.63, 3.8) is 0 Å². The fraction of sp³-hybridized carbons (Fsp3) is 0.256. The summed E-state index contributed by atoms with van der Waals surface area (Å²) < 4.78 is 0. The molecule has 15 nitrogen and oxygen atoms in total. The molecule has 6 aromatic rings. The number of carbonyl (C=O) groups excluding carboxylic acids is 3. The number of para-hydroxylation sites is 3. The second kappa shape index (κ2) is 16.8. The largest absolute Gasteiger partial charge is 0.480 e. The number of guanidine groups is 1. The summed E-state index contributed by atoms with van der Waals surface area (Å²) in [7, 11) is 0. The lowest BCUT2D eigenvalue weighted by Gasteiger charge is -2.25. The van der Waals surface area contributed by atoms with E-state index in [0.29, 0.717) is 5.56 Å². The summed E-state index contributed by atoms with van der Waals surface area (Å²) in [6.07, 6.45) is 5.91. The number of aromatic amines is 3. The van der Waals surface area contributed by atoms with E-state index >= 15 is 0 Å². The Balaban J connectivity index is 1.22. The van der Waals surface area contributed by atoms with Gasteiger partial charge in [-0.2, -0.15) is 0 Å². The molecule has 3 amide bonds. The number of hydrogen-bond acceptors (Lipinski definition) is 6. The average Bonchev–Trinajstić information content (AvgIpc) is 3.89. The fourth-order valence-corrected chi connectivity index (χ4v) is 6.68. The average molecular weight is 733 g/mol. The minimum Gasteiger partial charge on any atom is -0.480 e. The number of aliphatic carboxylic acids is 1. The first-order chi connectivity index (χ1) is 26.1. The highest BCUT2D eigenvalue weighted by Crippen LogP contribution is 2.22. The zero-order chi connectivity index (χ0) is 38.2. The van der Waals surface area contributed by atoms with Crippen LogP contribution in [0.5, 0.6) is 0 Å². The third kappa shape index (κ3) is 8.87. The topological polar surface area (TPSA) is 262 Å². The molecule has 6 rings (SSSR count). The van der Waals surface area contributed by atoms with E-state index in [2.05, 4.69) is 35.9 Å². The van der Waals surface area contributed by atoms with Crippen LogP contribution < -0.4 is 33.2 Å². The molecule has 0 saturated carbocycles. The molecule has 0 aliphatic rings. The smallest absolute Gasteiger partial charge is 0.326 e. The Bertz CT molecular complexity index is 2300. The lowest BCUT2D eigenvalue weighted by atomic mass is 10.0. The Morgan fingerprint density at radius 3 is 1.54 bits per heavy atom. The van der Waals surface area contributed by atoms with E-state index in [-0.39, 0.29) is 44.6 Å². The molecule has 0 aliphatic heterocycles. The summed E-state index contributed by atoms with van der Waals surface area (Å²) in [4.78, 5) is 67.6. The van der Waals surface area contributed by atoms with Crippen LogP contribution in [0.3, 0.4) is 0 Å². The number of amides is 3. The highest BCUT2D eigenvalue weighted by atomic mass is 16.4. The van der Waals surface area contributed by atoms with Crippen molar-refractivity contribution in [1.82, 2.24) is 30.9 Å². The number of carbonyl (C=O) groups is 4. The third-order valence-corrected chi connectivity index (χ3v) is 9.48. The van der Waals surface area contributed by atoms with Crippen molar-refractivity contribution in [2.45, 2.75) is 56.3 Å². The van der Waals surface area contributed by atoms with Crippen LogP contribution in [0.2, 0.25) is 0 Å². The number of benzene rings is 3. The zero-order valence-corrected chi connectivity index (χ0v) is 29.5. The quantitative estimate of drug-likeness (QED) is 0.0376. The number of aromatic nitrogens is 3. The van der Waals surface area contributed by atoms with Crippen LogP contribution in [-0.4, -0.2) is 80.4 Å². The molecule has 0 spiro atoms. The van der Waals surface area contributed by atoms with Gasteiger partial charge in [-0.1, -0.05) is 54.6 Å². The first-order valence-corrected chi connectivity index (χ1v) is 17.7. The summed E-state index contributed by atoms with van der Waals surface area (Å²) in [5.41, 5.74) is 22.3. The van der Waals surface area contributed by atoms with Gasteiger partial charge < -0.3 is 53.2 Å². The third-order valence-electron chi connectivity index (χ3n) is 9.48. The van der Waals surface area contributed by atoms with Crippen LogP contribution in [0.15, 0.2) is 96.4 Å². The lowest BCUT2D eigenvalue weighted by Crippen LogP contribution is -2.58. The summed E-state index contributed by atoms with van der Waals surface area (Å²) in [6.45, 7) is 0.165. The standard InChI is InChI=1S/C39H44N10O5/c40-28(16-22-19-44-29-11-4-1-8-25(22)29)35(50)48-33(17-23-20-45-30-12-5-2-9-26(23)30)37(52)47-32(14-7-15-43-39(41)42)36(51)49-34(38(53)54)18-24-21-46-31-13-6-3-10-27(24)31/h1-6,8-13,19-21,28,32-34,44-46H,7,14-18,40H2,(H,47,52)(H,48,50)(H,49,51)(H,53,54)(H4,41,42,43)/t28-,32-,33-,34-/m0/s1. The second-order valence-corrected chi connectivity index (χ2v) is 13.3. The highest BCUT2D eigenvalue weighted by Gasteiger charge is 2.31. The minimum atomic E-state index is -1.31. The molecule has 0 fully saturated rings. The Kier molecular flexibility index (Phi) is 11.6. The molecule has 280 valence electrons. The first-order valence-electron chi connectivity index (χ1n) is 17.7. The van der Waals surface area contributed by atoms with Crippen LogP contribution >= 0.6 is 0 Å². The molecule has 3 aromatic carbocycles. The van der Waals surface area contributed by atoms with E-state index in [1.54, 1.807) is 12.4 Å². The molecule has 0 radical (unpaired) electrons. The van der Waals surface area contributed by atoms with Crippen molar-refractivity contribution >= 4 is 62.4 Å². The molecule has 0 unspecified atom stereocenters. The summed E-state index contributed by atoms with van der Waals surface area (Å²) in [5, 5.41) is 21.0. The molecule has 13 N–H and O–H groups in total. The van der Waals surface area contributed by atoms with Gasteiger partial charge in [0.05, 0.1) is 6.04 Å². The van der Waals surface area contributed by atoms with Crippen molar-refractivity contribution < 1.29 is 24.3 Å². The number of rotatable bonds is 17. The van der Waals surface area contributed by atoms with Crippen molar-refractivity contribution in [2.24, 2.45) is 22.2 Å². The Morgan fingerprint density at radius 1 is 0.611 bits per heavy atom. The number of H-pyrrole nitrogens is 3. The molecular formula is C39H44N10O5. The molecule has 0 saturated heterocycles.